The summed E-state index contributed by atoms with van der Waals surface area (Å²) in [5, 5.41) is 10.1. The lowest BCUT2D eigenvalue weighted by molar-refractivity contribution is 0.0687. The number of aromatic nitrogens is 1. The summed E-state index contributed by atoms with van der Waals surface area (Å²) in [5.74, 6) is -0.683. The van der Waals surface area contributed by atoms with Crippen LogP contribution in [0.4, 0.5) is 0 Å². The zero-order valence-corrected chi connectivity index (χ0v) is 15.7. The molecule has 5 nitrogen and oxygen atoms in total. The Morgan fingerprint density at radius 2 is 1.68 bits per heavy atom. The van der Waals surface area contributed by atoms with Crippen molar-refractivity contribution in [1.29, 1.82) is 0 Å². The minimum Gasteiger partial charge on any atom is -0.505 e. The predicted molar refractivity (Wildman–Crippen MR) is 100.0 cm³/mol. The van der Waals surface area contributed by atoms with E-state index in [4.69, 9.17) is 0 Å². The van der Waals surface area contributed by atoms with Gasteiger partial charge in [0.15, 0.2) is 11.5 Å². The third-order valence-electron chi connectivity index (χ3n) is 3.75. The first-order valence-electron chi connectivity index (χ1n) is 8.84. The Kier molecular flexibility index (Phi) is 7.92. The summed E-state index contributed by atoms with van der Waals surface area (Å²) in [6, 6.07) is 9.71. The second-order valence-electron chi connectivity index (χ2n) is 5.20. The fourth-order valence-corrected chi connectivity index (χ4v) is 2.64. The molecule has 2 aromatic rings. The van der Waals surface area contributed by atoms with Gasteiger partial charge in [-0.3, -0.25) is 9.59 Å². The van der Waals surface area contributed by atoms with Crippen molar-refractivity contribution in [1.82, 2.24) is 9.47 Å². The molecule has 25 heavy (non-hydrogen) atoms. The van der Waals surface area contributed by atoms with Gasteiger partial charge in [0.1, 0.15) is 5.69 Å². The molecule has 0 radical (unpaired) electrons. The maximum atomic E-state index is 12.5. The minimum atomic E-state index is -0.241. The van der Waals surface area contributed by atoms with E-state index in [1.165, 1.54) is 6.92 Å². The Bertz CT molecular complexity index is 705. The van der Waals surface area contributed by atoms with Crippen LogP contribution >= 0.6 is 0 Å². The molecule has 1 aliphatic heterocycles. The summed E-state index contributed by atoms with van der Waals surface area (Å²) in [7, 11) is 0. The monoisotopic (exact) mass is 344 g/mol. The average molecular weight is 344 g/mol. The van der Waals surface area contributed by atoms with Gasteiger partial charge in [0.05, 0.1) is 5.56 Å². The topological polar surface area (TPSA) is 62.5 Å². The lowest BCUT2D eigenvalue weighted by Crippen LogP contribution is -2.39. The van der Waals surface area contributed by atoms with Gasteiger partial charge >= 0.3 is 0 Å². The maximum Gasteiger partial charge on any atom is 0.274 e. The molecule has 0 spiro atoms. The van der Waals surface area contributed by atoms with Crippen LogP contribution in [0.15, 0.2) is 36.5 Å². The highest BCUT2D eigenvalue weighted by atomic mass is 16.3. The molecule has 1 aromatic heterocycles. The van der Waals surface area contributed by atoms with Gasteiger partial charge in [-0.1, -0.05) is 58.0 Å². The summed E-state index contributed by atoms with van der Waals surface area (Å²) < 4.78 is 1.66. The Morgan fingerprint density at radius 1 is 1.08 bits per heavy atom. The lowest BCUT2D eigenvalue weighted by Gasteiger charge is -2.28. The summed E-state index contributed by atoms with van der Waals surface area (Å²) in [4.78, 5) is 25.7. The number of nitrogens with zero attached hydrogens (tertiary/aromatic N) is 2. The molecule has 3 rings (SSSR count). The van der Waals surface area contributed by atoms with Gasteiger partial charge in [0.2, 0.25) is 0 Å². The van der Waals surface area contributed by atoms with Gasteiger partial charge in [-0.25, -0.2) is 0 Å². The Balaban J connectivity index is 0.000000730. The normalized spacial score (nSPS) is 12.4. The first-order chi connectivity index (χ1) is 12.1. The van der Waals surface area contributed by atoms with Crippen LogP contribution in [0.2, 0.25) is 0 Å². The smallest absolute Gasteiger partial charge is 0.274 e. The van der Waals surface area contributed by atoms with Gasteiger partial charge in [-0.2, -0.15) is 0 Å². The Labute approximate surface area is 149 Å². The number of carbonyl (C=O) groups is 2. The molecule has 0 unspecified atom stereocenters. The van der Waals surface area contributed by atoms with Crippen molar-refractivity contribution in [3.63, 3.8) is 0 Å². The average Bonchev–Trinajstić information content (AvgIpc) is 2.99. The van der Waals surface area contributed by atoms with E-state index in [1.54, 1.807) is 15.7 Å². The highest BCUT2D eigenvalue weighted by Crippen LogP contribution is 2.29. The van der Waals surface area contributed by atoms with Gasteiger partial charge in [0, 0.05) is 25.8 Å². The molecule has 1 amide bonds. The van der Waals surface area contributed by atoms with Crippen LogP contribution in [0, 0.1) is 0 Å². The molecule has 136 valence electrons. The summed E-state index contributed by atoms with van der Waals surface area (Å²) in [6.45, 7) is 11.0. The van der Waals surface area contributed by atoms with Gasteiger partial charge in [0.25, 0.3) is 5.91 Å². The van der Waals surface area contributed by atoms with Crippen molar-refractivity contribution >= 4 is 11.7 Å². The third kappa shape index (κ3) is 4.50. The number of benzene rings is 1. The van der Waals surface area contributed by atoms with E-state index in [0.29, 0.717) is 19.6 Å². The molecule has 1 aromatic carbocycles. The van der Waals surface area contributed by atoms with E-state index in [0.717, 1.165) is 5.56 Å². The molecule has 1 N–H and O–H groups in total. The van der Waals surface area contributed by atoms with Crippen LogP contribution in [0.5, 0.6) is 5.75 Å². The Hall–Kier alpha value is -2.56. The zero-order chi connectivity index (χ0) is 19.0. The van der Waals surface area contributed by atoms with Crippen molar-refractivity contribution in [2.75, 3.05) is 6.54 Å². The van der Waals surface area contributed by atoms with Crippen LogP contribution in [-0.2, 0) is 13.1 Å². The number of Topliss-reactive ketones (excluding diaryl/α,β-unsaturated/α-hetero) is 1. The summed E-state index contributed by atoms with van der Waals surface area (Å²) in [6.07, 6.45) is 1.56. The highest BCUT2D eigenvalue weighted by Gasteiger charge is 2.30. The second kappa shape index (κ2) is 9.67. The maximum absolute atomic E-state index is 12.5. The van der Waals surface area contributed by atoms with E-state index in [9.17, 15) is 14.7 Å². The molecule has 1 aliphatic rings. The second-order valence-corrected chi connectivity index (χ2v) is 5.20. The number of hydrogen-bond donors (Lipinski definition) is 1. The van der Waals surface area contributed by atoms with Crippen LogP contribution in [0.1, 0.15) is 61.0 Å². The quantitative estimate of drug-likeness (QED) is 0.853. The molecule has 0 fully saturated rings. The first kappa shape index (κ1) is 20.5. The van der Waals surface area contributed by atoms with Crippen molar-refractivity contribution in [3.05, 3.63) is 53.3 Å². The van der Waals surface area contributed by atoms with E-state index in [-0.39, 0.29) is 28.7 Å². The van der Waals surface area contributed by atoms with Crippen LogP contribution in [0.3, 0.4) is 0 Å². The largest absolute Gasteiger partial charge is 0.505 e. The van der Waals surface area contributed by atoms with Gasteiger partial charge in [-0.15, -0.1) is 0 Å². The molecule has 0 saturated carbocycles. The molecule has 0 atom stereocenters. The number of amides is 1. The molecule has 5 heteroatoms. The minimum absolute atomic E-state index is 0.203. The summed E-state index contributed by atoms with van der Waals surface area (Å²) in [5.41, 5.74) is 1.46. The molecule has 0 saturated heterocycles. The SMILES string of the molecule is CC.CC.CC(=O)c1cn2c(c1O)C(=O)N(Cc1ccccc1)CC2. The van der Waals surface area contributed by atoms with E-state index in [1.807, 2.05) is 58.0 Å². The fraction of sp³-hybridized carbons (Fsp3) is 0.400. The Morgan fingerprint density at radius 3 is 2.24 bits per heavy atom. The van der Waals surface area contributed by atoms with Gasteiger partial charge < -0.3 is 14.6 Å². The summed E-state index contributed by atoms with van der Waals surface area (Å²) >= 11 is 0. The standard InChI is InChI=1S/C16H16N2O3.2C2H6/c1-11(19)13-10-17-7-8-18(16(21)14(17)15(13)20)9-12-5-3-2-4-6-12;2*1-2/h2-6,10,20H,7-9H2,1H3;2*1-2H3. The number of carbonyl (C=O) groups excluding carboxylic acids is 2. The lowest BCUT2D eigenvalue weighted by atomic mass is 10.1. The molecule has 2 heterocycles. The molecular formula is C20H28N2O3. The van der Waals surface area contributed by atoms with Crippen LogP contribution in [-0.4, -0.2) is 32.8 Å². The molecule has 0 aliphatic carbocycles. The number of aromatic hydroxyl groups is 1. The molecule has 0 bridgehead atoms. The van der Waals surface area contributed by atoms with E-state index >= 15 is 0 Å². The predicted octanol–water partition coefficient (Wildman–Crippen LogP) is 4.10. The first-order valence-corrected chi connectivity index (χ1v) is 8.84. The number of hydrogen-bond acceptors (Lipinski definition) is 3. The number of rotatable bonds is 3. The van der Waals surface area contributed by atoms with Crippen molar-refractivity contribution < 1.29 is 14.7 Å². The van der Waals surface area contributed by atoms with E-state index in [2.05, 4.69) is 0 Å². The number of ketones is 1. The highest BCUT2D eigenvalue weighted by molar-refractivity contribution is 6.03. The zero-order valence-electron chi connectivity index (χ0n) is 15.7. The van der Waals surface area contributed by atoms with Crippen molar-refractivity contribution in [2.45, 2.75) is 47.7 Å². The third-order valence-corrected chi connectivity index (χ3v) is 3.75. The molecular weight excluding hydrogens is 316 g/mol. The van der Waals surface area contributed by atoms with Crippen LogP contribution in [0.25, 0.3) is 0 Å². The van der Waals surface area contributed by atoms with E-state index < -0.39 is 0 Å². The van der Waals surface area contributed by atoms with Crippen molar-refractivity contribution in [2.24, 2.45) is 0 Å². The number of fused-ring (bicyclic) bond motifs is 1. The van der Waals surface area contributed by atoms with Crippen LogP contribution < -0.4 is 0 Å². The fourth-order valence-electron chi connectivity index (χ4n) is 2.64. The van der Waals surface area contributed by atoms with Crippen molar-refractivity contribution in [3.8, 4) is 5.75 Å². The van der Waals surface area contributed by atoms with Gasteiger partial charge in [-0.05, 0) is 12.5 Å².